The number of aromatic nitrogens is 5. The lowest BCUT2D eigenvalue weighted by atomic mass is 10.3. The summed E-state index contributed by atoms with van der Waals surface area (Å²) in [6.07, 6.45) is 2.88. The highest BCUT2D eigenvalue weighted by Gasteiger charge is 2.10. The van der Waals surface area contributed by atoms with Crippen LogP contribution in [0.1, 0.15) is 16.2 Å². The van der Waals surface area contributed by atoms with Crippen LogP contribution in [-0.4, -0.2) is 30.9 Å². The minimum atomic E-state index is -0.333. The molecule has 0 unspecified atom stereocenters. The number of H-pyrrole nitrogens is 1. The Hall–Kier alpha value is -2.38. The van der Waals surface area contributed by atoms with Crippen LogP contribution < -0.4 is 11.1 Å². The maximum absolute atomic E-state index is 11.5. The van der Waals surface area contributed by atoms with Gasteiger partial charge in [0.15, 0.2) is 0 Å². The Labute approximate surface area is 90.9 Å². The van der Waals surface area contributed by atoms with E-state index in [4.69, 9.17) is 5.73 Å². The van der Waals surface area contributed by atoms with Crippen LogP contribution in [0.4, 0.5) is 5.82 Å². The summed E-state index contributed by atoms with van der Waals surface area (Å²) in [5.41, 5.74) is 6.48. The number of hydrogen-bond donors (Lipinski definition) is 3. The molecule has 0 aromatic carbocycles. The van der Waals surface area contributed by atoms with Crippen molar-refractivity contribution in [2.45, 2.75) is 6.54 Å². The molecular weight excluding hydrogens is 210 g/mol. The van der Waals surface area contributed by atoms with Crippen molar-refractivity contribution in [1.29, 1.82) is 0 Å². The molecular formula is C8H11N7O. The number of nitrogens with one attached hydrogen (secondary N) is 2. The number of nitrogens with two attached hydrogens (primary N) is 1. The standard InChI is InChI=1S/C8H11N7O/c1-15-6(9)5(3-13-15)2-10-8(16)7-11-4-12-14-7/h3-4H,2,9H2,1H3,(H,10,16)(H,11,12,14). The highest BCUT2D eigenvalue weighted by molar-refractivity contribution is 5.90. The van der Waals surface area contributed by atoms with E-state index in [-0.39, 0.29) is 11.7 Å². The van der Waals surface area contributed by atoms with E-state index in [1.807, 2.05) is 0 Å². The molecule has 0 saturated carbocycles. The van der Waals surface area contributed by atoms with E-state index >= 15 is 0 Å². The zero-order valence-electron chi connectivity index (χ0n) is 8.64. The van der Waals surface area contributed by atoms with Crippen molar-refractivity contribution >= 4 is 11.7 Å². The molecule has 0 saturated heterocycles. The minimum absolute atomic E-state index is 0.169. The van der Waals surface area contributed by atoms with E-state index in [0.29, 0.717) is 12.4 Å². The summed E-state index contributed by atoms with van der Waals surface area (Å²) in [4.78, 5) is 15.2. The van der Waals surface area contributed by atoms with E-state index in [1.165, 1.54) is 11.0 Å². The van der Waals surface area contributed by atoms with Crippen molar-refractivity contribution in [3.63, 3.8) is 0 Å². The lowest BCUT2D eigenvalue weighted by Gasteiger charge is -2.02. The average molecular weight is 221 g/mol. The third-order valence-corrected chi connectivity index (χ3v) is 2.13. The predicted molar refractivity (Wildman–Crippen MR) is 55.2 cm³/mol. The summed E-state index contributed by atoms with van der Waals surface area (Å²) < 4.78 is 1.54. The summed E-state index contributed by atoms with van der Waals surface area (Å²) in [5.74, 6) is 0.362. The molecule has 0 aliphatic heterocycles. The van der Waals surface area contributed by atoms with E-state index in [0.717, 1.165) is 5.56 Å². The number of carbonyl (C=O) groups excluding carboxylic acids is 1. The quantitative estimate of drug-likeness (QED) is 0.618. The second-order valence-corrected chi connectivity index (χ2v) is 3.20. The van der Waals surface area contributed by atoms with Gasteiger partial charge in [0.05, 0.1) is 6.20 Å². The normalized spacial score (nSPS) is 10.3. The van der Waals surface area contributed by atoms with Gasteiger partial charge in [0.1, 0.15) is 12.1 Å². The SMILES string of the molecule is Cn1ncc(CNC(=O)c2ncn[nH]2)c1N. The number of carbonyl (C=O) groups is 1. The monoisotopic (exact) mass is 221 g/mol. The number of amides is 1. The van der Waals surface area contributed by atoms with E-state index in [2.05, 4.69) is 25.6 Å². The fourth-order valence-electron chi connectivity index (χ4n) is 1.20. The van der Waals surface area contributed by atoms with Crippen molar-refractivity contribution in [2.75, 3.05) is 5.73 Å². The average Bonchev–Trinajstić information content (AvgIpc) is 2.89. The highest BCUT2D eigenvalue weighted by Crippen LogP contribution is 2.08. The van der Waals surface area contributed by atoms with Gasteiger partial charge in [0.25, 0.3) is 5.91 Å². The predicted octanol–water partition coefficient (Wildman–Crippen LogP) is -0.950. The molecule has 0 atom stereocenters. The molecule has 4 N–H and O–H groups in total. The molecule has 0 radical (unpaired) electrons. The van der Waals surface area contributed by atoms with Crippen LogP contribution in [0, 0.1) is 0 Å². The summed E-state index contributed by atoms with van der Waals surface area (Å²) in [6, 6.07) is 0. The third-order valence-electron chi connectivity index (χ3n) is 2.13. The Bertz CT molecular complexity index is 486. The first-order chi connectivity index (χ1) is 7.68. The summed E-state index contributed by atoms with van der Waals surface area (Å²) in [7, 11) is 1.73. The molecule has 1 amide bonds. The van der Waals surface area contributed by atoms with Gasteiger partial charge in [0.2, 0.25) is 5.82 Å². The first kappa shape index (κ1) is 10.1. The largest absolute Gasteiger partial charge is 0.384 e. The van der Waals surface area contributed by atoms with Gasteiger partial charge in [-0.25, -0.2) is 4.98 Å². The molecule has 0 aliphatic rings. The van der Waals surface area contributed by atoms with Crippen molar-refractivity contribution in [1.82, 2.24) is 30.3 Å². The van der Waals surface area contributed by atoms with Gasteiger partial charge in [0, 0.05) is 19.2 Å². The molecule has 2 heterocycles. The maximum Gasteiger partial charge on any atom is 0.288 e. The van der Waals surface area contributed by atoms with Gasteiger partial charge in [-0.15, -0.1) is 0 Å². The van der Waals surface area contributed by atoms with Gasteiger partial charge in [-0.3, -0.25) is 14.6 Å². The zero-order valence-corrected chi connectivity index (χ0v) is 8.64. The van der Waals surface area contributed by atoms with Crippen LogP contribution in [0.15, 0.2) is 12.5 Å². The molecule has 0 spiro atoms. The molecule has 84 valence electrons. The number of aromatic amines is 1. The topological polar surface area (TPSA) is 115 Å². The van der Waals surface area contributed by atoms with Crippen molar-refractivity contribution in [2.24, 2.45) is 7.05 Å². The van der Waals surface area contributed by atoms with Crippen LogP contribution in [0.25, 0.3) is 0 Å². The summed E-state index contributed by atoms with van der Waals surface area (Å²) >= 11 is 0. The maximum atomic E-state index is 11.5. The second kappa shape index (κ2) is 4.01. The Morgan fingerprint density at radius 1 is 1.69 bits per heavy atom. The van der Waals surface area contributed by atoms with Crippen LogP contribution in [0.5, 0.6) is 0 Å². The number of nitrogens with zero attached hydrogens (tertiary/aromatic N) is 4. The summed E-state index contributed by atoms with van der Waals surface area (Å²) in [5, 5.41) is 12.7. The number of aryl methyl sites for hydroxylation is 1. The number of anilines is 1. The Balaban J connectivity index is 1.98. The molecule has 2 aromatic rings. The van der Waals surface area contributed by atoms with Crippen molar-refractivity contribution in [3.05, 3.63) is 23.9 Å². The highest BCUT2D eigenvalue weighted by atomic mass is 16.2. The lowest BCUT2D eigenvalue weighted by Crippen LogP contribution is -2.24. The second-order valence-electron chi connectivity index (χ2n) is 3.20. The molecule has 0 fully saturated rings. The van der Waals surface area contributed by atoms with Gasteiger partial charge in [-0.05, 0) is 0 Å². The Morgan fingerprint density at radius 2 is 2.50 bits per heavy atom. The molecule has 8 nitrogen and oxygen atoms in total. The van der Waals surface area contributed by atoms with Crippen LogP contribution in [0.3, 0.4) is 0 Å². The number of rotatable bonds is 3. The zero-order chi connectivity index (χ0) is 11.5. The first-order valence-electron chi connectivity index (χ1n) is 4.58. The van der Waals surface area contributed by atoms with E-state index in [9.17, 15) is 4.79 Å². The lowest BCUT2D eigenvalue weighted by molar-refractivity contribution is 0.0941. The van der Waals surface area contributed by atoms with Gasteiger partial charge in [-0.2, -0.15) is 10.2 Å². The van der Waals surface area contributed by atoms with Crippen molar-refractivity contribution in [3.8, 4) is 0 Å². The van der Waals surface area contributed by atoms with Gasteiger partial charge < -0.3 is 11.1 Å². The summed E-state index contributed by atoms with van der Waals surface area (Å²) in [6.45, 7) is 0.305. The fourth-order valence-corrected chi connectivity index (χ4v) is 1.20. The number of hydrogen-bond acceptors (Lipinski definition) is 5. The van der Waals surface area contributed by atoms with Crippen molar-refractivity contribution < 1.29 is 4.79 Å². The van der Waals surface area contributed by atoms with E-state index in [1.54, 1.807) is 13.2 Å². The van der Waals surface area contributed by atoms with Crippen LogP contribution in [0.2, 0.25) is 0 Å². The van der Waals surface area contributed by atoms with Gasteiger partial charge in [-0.1, -0.05) is 0 Å². The third kappa shape index (κ3) is 1.85. The van der Waals surface area contributed by atoms with Crippen LogP contribution in [-0.2, 0) is 13.6 Å². The molecule has 8 heteroatoms. The molecule has 0 bridgehead atoms. The first-order valence-corrected chi connectivity index (χ1v) is 4.58. The smallest absolute Gasteiger partial charge is 0.288 e. The Kier molecular flexibility index (Phi) is 2.54. The van der Waals surface area contributed by atoms with Crippen LogP contribution >= 0.6 is 0 Å². The molecule has 0 aliphatic carbocycles. The van der Waals surface area contributed by atoms with E-state index < -0.39 is 0 Å². The molecule has 2 rings (SSSR count). The minimum Gasteiger partial charge on any atom is -0.384 e. The molecule has 16 heavy (non-hydrogen) atoms. The number of nitrogen functional groups attached to an aromatic ring is 1. The van der Waals surface area contributed by atoms with Gasteiger partial charge >= 0.3 is 0 Å². The Morgan fingerprint density at radius 3 is 3.06 bits per heavy atom. The fraction of sp³-hybridized carbons (Fsp3) is 0.250. The molecule has 2 aromatic heterocycles.